The van der Waals surface area contributed by atoms with Crippen molar-refractivity contribution in [2.75, 3.05) is 0 Å². The molecule has 3 aromatic carbocycles. The fraction of sp³-hybridized carbons (Fsp3) is 0.111. The second-order valence-corrected chi connectivity index (χ2v) is 7.98. The molecule has 2 N–H and O–H groups in total. The monoisotopic (exact) mass is 424 g/mol. The molecule has 1 saturated carbocycles. The molecular weight excluding hydrogens is 403 g/mol. The number of hydrogen-bond donors (Lipinski definition) is 2. The van der Waals surface area contributed by atoms with Crippen molar-refractivity contribution in [1.82, 2.24) is 10.2 Å². The number of carboxylic acids is 1. The summed E-state index contributed by atoms with van der Waals surface area (Å²) in [4.78, 5) is 10.8. The molecule has 0 amide bonds. The predicted octanol–water partition coefficient (Wildman–Crippen LogP) is 6.17. The van der Waals surface area contributed by atoms with Crippen molar-refractivity contribution < 1.29 is 14.3 Å². The lowest BCUT2D eigenvalue weighted by atomic mass is 9.86. The molecule has 1 aliphatic rings. The van der Waals surface area contributed by atoms with E-state index in [1.54, 1.807) is 6.08 Å². The van der Waals surface area contributed by atoms with Crippen molar-refractivity contribution in [3.63, 3.8) is 0 Å². The quantitative estimate of drug-likeness (QED) is 0.287. The number of hydrogen-bond acceptors (Lipinski definition) is 2. The van der Waals surface area contributed by atoms with Crippen LogP contribution in [0.1, 0.15) is 35.1 Å². The summed E-state index contributed by atoms with van der Waals surface area (Å²) in [5.74, 6) is -0.918. The lowest BCUT2D eigenvalue weighted by Gasteiger charge is -2.18. The maximum Gasteiger partial charge on any atom is 0.328 e. The first kappa shape index (κ1) is 19.9. The van der Waals surface area contributed by atoms with E-state index in [1.807, 2.05) is 54.6 Å². The molecule has 0 aliphatic heterocycles. The highest BCUT2D eigenvalue weighted by atomic mass is 19.1. The van der Waals surface area contributed by atoms with Gasteiger partial charge in [0, 0.05) is 11.6 Å². The molecular formula is C27H21FN2O2. The minimum absolute atomic E-state index is 0.296. The van der Waals surface area contributed by atoms with Crippen molar-refractivity contribution >= 4 is 34.1 Å². The fourth-order valence-electron chi connectivity index (χ4n) is 4.13. The summed E-state index contributed by atoms with van der Waals surface area (Å²) >= 11 is 0. The maximum absolute atomic E-state index is 15.7. The topological polar surface area (TPSA) is 66.0 Å². The Hall–Kier alpha value is -3.99. The van der Waals surface area contributed by atoms with Crippen LogP contribution in [0, 0.1) is 11.7 Å². The second kappa shape index (κ2) is 8.27. The SMILES string of the molecule is O=C(O)C=Cc1ccc(C(=C(c2ccccc2)C2CC2)c2ccc3[nH]ncc3c2F)cc1. The number of nitrogens with one attached hydrogen (secondary N) is 1. The normalized spacial score (nSPS) is 14.7. The highest BCUT2D eigenvalue weighted by Gasteiger charge is 2.31. The van der Waals surface area contributed by atoms with Crippen molar-refractivity contribution in [3.05, 3.63) is 107 Å². The van der Waals surface area contributed by atoms with Crippen LogP contribution >= 0.6 is 0 Å². The fourth-order valence-corrected chi connectivity index (χ4v) is 4.13. The third kappa shape index (κ3) is 3.85. The van der Waals surface area contributed by atoms with Crippen LogP contribution in [0.15, 0.2) is 79.0 Å². The van der Waals surface area contributed by atoms with E-state index in [2.05, 4.69) is 22.3 Å². The Kier molecular flexibility index (Phi) is 5.15. The van der Waals surface area contributed by atoms with Crippen LogP contribution in [0.2, 0.25) is 0 Å². The van der Waals surface area contributed by atoms with Gasteiger partial charge in [-0.15, -0.1) is 0 Å². The zero-order valence-electron chi connectivity index (χ0n) is 17.3. The van der Waals surface area contributed by atoms with Crippen LogP contribution in [0.4, 0.5) is 4.39 Å². The number of aliphatic carboxylic acids is 1. The molecule has 0 unspecified atom stereocenters. The Morgan fingerprint density at radius 3 is 2.44 bits per heavy atom. The molecule has 0 spiro atoms. The van der Waals surface area contributed by atoms with Gasteiger partial charge in [0.2, 0.25) is 0 Å². The summed E-state index contributed by atoms with van der Waals surface area (Å²) in [6.45, 7) is 0. The first-order valence-corrected chi connectivity index (χ1v) is 10.5. The number of aromatic amines is 1. The van der Waals surface area contributed by atoms with Gasteiger partial charge in [-0.25, -0.2) is 9.18 Å². The van der Waals surface area contributed by atoms with Crippen LogP contribution in [-0.2, 0) is 4.79 Å². The highest BCUT2D eigenvalue weighted by molar-refractivity contribution is 6.02. The predicted molar refractivity (Wildman–Crippen MR) is 124 cm³/mol. The van der Waals surface area contributed by atoms with E-state index in [-0.39, 0.29) is 5.82 Å². The van der Waals surface area contributed by atoms with Gasteiger partial charge in [-0.1, -0.05) is 54.6 Å². The van der Waals surface area contributed by atoms with Gasteiger partial charge in [0.1, 0.15) is 5.82 Å². The number of nitrogens with zero attached hydrogens (tertiary/aromatic N) is 1. The molecule has 0 saturated heterocycles. The van der Waals surface area contributed by atoms with E-state index in [1.165, 1.54) is 6.20 Å². The second-order valence-electron chi connectivity index (χ2n) is 7.98. The number of halogens is 1. The smallest absolute Gasteiger partial charge is 0.328 e. The van der Waals surface area contributed by atoms with Crippen molar-refractivity contribution in [2.45, 2.75) is 12.8 Å². The highest BCUT2D eigenvalue weighted by Crippen LogP contribution is 2.48. The van der Waals surface area contributed by atoms with Crippen molar-refractivity contribution in [2.24, 2.45) is 5.92 Å². The van der Waals surface area contributed by atoms with Crippen LogP contribution in [-0.4, -0.2) is 21.3 Å². The maximum atomic E-state index is 15.7. The van der Waals surface area contributed by atoms with E-state index in [0.29, 0.717) is 22.4 Å². The molecule has 1 aliphatic carbocycles. The van der Waals surface area contributed by atoms with Gasteiger partial charge in [0.25, 0.3) is 0 Å². The molecule has 0 radical (unpaired) electrons. The third-order valence-corrected chi connectivity index (χ3v) is 5.79. The average Bonchev–Trinajstić information content (AvgIpc) is 3.53. The standard InChI is InChI=1S/C27H21FN2O2/c28-27-21(13-14-23-22(27)16-29-30-23)26(20-9-6-17(7-10-20)8-15-24(31)32)25(19-11-12-19)18-4-2-1-3-5-18/h1-10,13-16,19H,11-12H2,(H,29,30)(H,31,32). The summed E-state index contributed by atoms with van der Waals surface area (Å²) in [5, 5.41) is 16.2. The van der Waals surface area contributed by atoms with Crippen molar-refractivity contribution in [1.29, 1.82) is 0 Å². The van der Waals surface area contributed by atoms with E-state index in [9.17, 15) is 4.79 Å². The average molecular weight is 424 g/mol. The van der Waals surface area contributed by atoms with Gasteiger partial charge in [0.05, 0.1) is 17.1 Å². The minimum atomic E-state index is -0.995. The first-order valence-electron chi connectivity index (χ1n) is 10.5. The Balaban J connectivity index is 1.74. The molecule has 5 rings (SSSR count). The third-order valence-electron chi connectivity index (χ3n) is 5.79. The number of carbonyl (C=O) groups is 1. The Morgan fingerprint density at radius 1 is 1.00 bits per heavy atom. The molecule has 4 nitrogen and oxygen atoms in total. The summed E-state index contributed by atoms with van der Waals surface area (Å²) in [5.41, 5.74) is 5.96. The Morgan fingerprint density at radius 2 is 1.75 bits per heavy atom. The van der Waals surface area contributed by atoms with Gasteiger partial charge < -0.3 is 5.11 Å². The zero-order valence-corrected chi connectivity index (χ0v) is 17.3. The number of carboxylic acid groups (broad SMARTS) is 1. The van der Waals surface area contributed by atoms with Gasteiger partial charge in [-0.05, 0) is 64.8 Å². The van der Waals surface area contributed by atoms with Gasteiger partial charge >= 0.3 is 5.97 Å². The summed E-state index contributed by atoms with van der Waals surface area (Å²) < 4.78 is 15.7. The van der Waals surface area contributed by atoms with E-state index in [0.717, 1.165) is 46.8 Å². The summed E-state index contributed by atoms with van der Waals surface area (Å²) in [7, 11) is 0. The van der Waals surface area contributed by atoms with Crippen LogP contribution in [0.5, 0.6) is 0 Å². The zero-order chi connectivity index (χ0) is 22.1. The first-order chi connectivity index (χ1) is 15.6. The van der Waals surface area contributed by atoms with Crippen LogP contribution in [0.3, 0.4) is 0 Å². The number of aromatic nitrogens is 2. The van der Waals surface area contributed by atoms with E-state index in [4.69, 9.17) is 5.11 Å². The minimum Gasteiger partial charge on any atom is -0.478 e. The van der Waals surface area contributed by atoms with E-state index < -0.39 is 5.97 Å². The largest absolute Gasteiger partial charge is 0.478 e. The molecule has 1 fully saturated rings. The lowest BCUT2D eigenvalue weighted by molar-refractivity contribution is -0.131. The molecule has 4 aromatic rings. The number of benzene rings is 3. The Labute approximate surface area is 184 Å². The van der Waals surface area contributed by atoms with Crippen LogP contribution in [0.25, 0.3) is 28.1 Å². The molecule has 1 heterocycles. The number of rotatable bonds is 6. The van der Waals surface area contributed by atoms with Crippen LogP contribution < -0.4 is 0 Å². The number of fused-ring (bicyclic) bond motifs is 1. The van der Waals surface area contributed by atoms with E-state index >= 15 is 4.39 Å². The summed E-state index contributed by atoms with van der Waals surface area (Å²) in [6.07, 6.45) is 6.32. The van der Waals surface area contributed by atoms with Gasteiger partial charge in [-0.2, -0.15) is 5.10 Å². The van der Waals surface area contributed by atoms with Gasteiger partial charge in [0.15, 0.2) is 0 Å². The molecule has 1 aromatic heterocycles. The van der Waals surface area contributed by atoms with Crippen molar-refractivity contribution in [3.8, 4) is 0 Å². The lowest BCUT2D eigenvalue weighted by Crippen LogP contribution is -2.00. The molecule has 32 heavy (non-hydrogen) atoms. The number of H-pyrrole nitrogens is 1. The molecule has 158 valence electrons. The summed E-state index contributed by atoms with van der Waals surface area (Å²) in [6, 6.07) is 21.4. The number of allylic oxidation sites excluding steroid dienone is 1. The Bertz CT molecular complexity index is 1350. The molecule has 0 atom stereocenters. The molecule has 0 bridgehead atoms. The van der Waals surface area contributed by atoms with Gasteiger partial charge in [-0.3, -0.25) is 5.10 Å². The molecule has 5 heteroatoms.